The molecule has 6 heteroatoms. The van der Waals surface area contributed by atoms with Crippen molar-refractivity contribution in [3.8, 4) is 0 Å². The number of nitrogens with two attached hydrogens (primary N) is 1. The number of oxime groups is 1. The molecule has 0 saturated heterocycles. The number of nitrogens with zero attached hydrogens (tertiary/aromatic N) is 1. The van der Waals surface area contributed by atoms with Crippen LogP contribution in [0.15, 0.2) is 23.4 Å². The summed E-state index contributed by atoms with van der Waals surface area (Å²) in [6.45, 7) is 3.76. The standard InChI is InChI=1S/C13H18ClN3O2/c1-3-10(7-12(15)17-19)16-13(18)11-6-9(14)5-4-8(11)2/h4-6,10,19H,3,7H2,1-2H3,(H2,15,17)(H,16,18). The first-order chi connectivity index (χ1) is 8.97. The molecule has 0 spiro atoms. The summed E-state index contributed by atoms with van der Waals surface area (Å²) in [5.74, 6) is -0.118. The van der Waals surface area contributed by atoms with Gasteiger partial charge in [-0.25, -0.2) is 0 Å². The molecule has 1 rings (SSSR count). The first-order valence-electron chi connectivity index (χ1n) is 6.01. The topological polar surface area (TPSA) is 87.7 Å². The molecule has 1 atom stereocenters. The molecule has 1 amide bonds. The Kier molecular flexibility index (Phi) is 5.63. The summed E-state index contributed by atoms with van der Waals surface area (Å²) in [4.78, 5) is 12.1. The molecular weight excluding hydrogens is 266 g/mol. The number of hydrogen-bond acceptors (Lipinski definition) is 3. The predicted molar refractivity (Wildman–Crippen MR) is 75.8 cm³/mol. The van der Waals surface area contributed by atoms with Crippen LogP contribution in [0.1, 0.15) is 35.7 Å². The van der Waals surface area contributed by atoms with Crippen molar-refractivity contribution in [2.24, 2.45) is 10.9 Å². The third-order valence-electron chi connectivity index (χ3n) is 2.86. The fourth-order valence-electron chi connectivity index (χ4n) is 1.69. The van der Waals surface area contributed by atoms with Crippen LogP contribution in [0.5, 0.6) is 0 Å². The molecule has 0 aliphatic heterocycles. The molecular formula is C13H18ClN3O2. The molecule has 1 aromatic rings. The molecule has 1 unspecified atom stereocenters. The van der Waals surface area contributed by atoms with E-state index >= 15 is 0 Å². The van der Waals surface area contributed by atoms with Gasteiger partial charge in [-0.3, -0.25) is 4.79 Å². The van der Waals surface area contributed by atoms with E-state index in [4.69, 9.17) is 22.5 Å². The molecule has 1 aromatic carbocycles. The first kappa shape index (κ1) is 15.3. The first-order valence-corrected chi connectivity index (χ1v) is 6.39. The van der Waals surface area contributed by atoms with Crippen LogP contribution in [-0.2, 0) is 0 Å². The minimum atomic E-state index is -0.211. The maximum Gasteiger partial charge on any atom is 0.251 e. The second-order valence-electron chi connectivity index (χ2n) is 4.33. The van der Waals surface area contributed by atoms with Gasteiger partial charge >= 0.3 is 0 Å². The van der Waals surface area contributed by atoms with Gasteiger partial charge in [0.1, 0.15) is 5.84 Å². The third kappa shape index (κ3) is 4.44. The van der Waals surface area contributed by atoms with E-state index < -0.39 is 0 Å². The number of aryl methyl sites for hydroxylation is 1. The SMILES string of the molecule is CCC(C/C(N)=N/O)NC(=O)c1cc(Cl)ccc1C. The van der Waals surface area contributed by atoms with Crippen LogP contribution in [-0.4, -0.2) is 23.0 Å². The summed E-state index contributed by atoms with van der Waals surface area (Å²) in [6, 6.07) is 4.98. The molecule has 5 nitrogen and oxygen atoms in total. The van der Waals surface area contributed by atoms with Crippen molar-refractivity contribution >= 4 is 23.3 Å². The van der Waals surface area contributed by atoms with Crippen LogP contribution in [0.3, 0.4) is 0 Å². The predicted octanol–water partition coefficient (Wildman–Crippen LogP) is 2.29. The van der Waals surface area contributed by atoms with Gasteiger partial charge < -0.3 is 16.3 Å². The Labute approximate surface area is 117 Å². The minimum Gasteiger partial charge on any atom is -0.409 e. The zero-order chi connectivity index (χ0) is 14.4. The number of carbonyl (C=O) groups is 1. The molecule has 0 aromatic heterocycles. The summed E-state index contributed by atoms with van der Waals surface area (Å²) >= 11 is 5.89. The van der Waals surface area contributed by atoms with E-state index in [1.54, 1.807) is 18.2 Å². The zero-order valence-corrected chi connectivity index (χ0v) is 11.7. The van der Waals surface area contributed by atoms with Crippen LogP contribution in [0.2, 0.25) is 5.02 Å². The zero-order valence-electron chi connectivity index (χ0n) is 11.0. The lowest BCUT2D eigenvalue weighted by Gasteiger charge is -2.17. The Balaban J connectivity index is 2.80. The average molecular weight is 284 g/mol. The highest BCUT2D eigenvalue weighted by Gasteiger charge is 2.15. The van der Waals surface area contributed by atoms with Gasteiger partial charge in [0.25, 0.3) is 5.91 Å². The number of amidine groups is 1. The molecule has 0 heterocycles. The van der Waals surface area contributed by atoms with Crippen molar-refractivity contribution in [2.45, 2.75) is 32.7 Å². The number of nitrogens with one attached hydrogen (secondary N) is 1. The van der Waals surface area contributed by atoms with Crippen LogP contribution < -0.4 is 11.1 Å². The molecule has 0 fully saturated rings. The Morgan fingerprint density at radius 2 is 2.26 bits per heavy atom. The lowest BCUT2D eigenvalue weighted by molar-refractivity contribution is 0.0936. The Hall–Kier alpha value is -1.75. The number of carbonyl (C=O) groups excluding carboxylic acids is 1. The fraction of sp³-hybridized carbons (Fsp3) is 0.385. The molecule has 0 bridgehead atoms. The molecule has 0 radical (unpaired) electrons. The van der Waals surface area contributed by atoms with E-state index in [1.807, 2.05) is 13.8 Å². The van der Waals surface area contributed by atoms with Crippen molar-refractivity contribution in [1.29, 1.82) is 0 Å². The van der Waals surface area contributed by atoms with E-state index in [9.17, 15) is 4.79 Å². The summed E-state index contributed by atoms with van der Waals surface area (Å²) in [6.07, 6.45) is 0.986. The summed E-state index contributed by atoms with van der Waals surface area (Å²) in [5.41, 5.74) is 6.83. The third-order valence-corrected chi connectivity index (χ3v) is 3.09. The normalized spacial score (nSPS) is 13.1. The maximum atomic E-state index is 12.1. The van der Waals surface area contributed by atoms with E-state index in [1.165, 1.54) is 0 Å². The molecule has 104 valence electrons. The van der Waals surface area contributed by atoms with Crippen molar-refractivity contribution < 1.29 is 10.0 Å². The number of rotatable bonds is 5. The Morgan fingerprint density at radius 3 is 2.84 bits per heavy atom. The second-order valence-corrected chi connectivity index (χ2v) is 4.77. The number of benzene rings is 1. The molecule has 0 saturated carbocycles. The monoisotopic (exact) mass is 283 g/mol. The van der Waals surface area contributed by atoms with Gasteiger partial charge in [0.2, 0.25) is 0 Å². The van der Waals surface area contributed by atoms with Gasteiger partial charge in [-0.15, -0.1) is 0 Å². The highest BCUT2D eigenvalue weighted by atomic mass is 35.5. The molecule has 19 heavy (non-hydrogen) atoms. The summed E-state index contributed by atoms with van der Waals surface area (Å²) < 4.78 is 0. The van der Waals surface area contributed by atoms with Crippen molar-refractivity contribution in [3.05, 3.63) is 34.3 Å². The van der Waals surface area contributed by atoms with Crippen LogP contribution in [0.4, 0.5) is 0 Å². The van der Waals surface area contributed by atoms with Gasteiger partial charge in [0, 0.05) is 23.0 Å². The van der Waals surface area contributed by atoms with Gasteiger partial charge in [-0.05, 0) is 31.0 Å². The number of hydrogen-bond donors (Lipinski definition) is 3. The van der Waals surface area contributed by atoms with E-state index in [2.05, 4.69) is 10.5 Å². The maximum absolute atomic E-state index is 12.1. The van der Waals surface area contributed by atoms with E-state index in [0.717, 1.165) is 5.56 Å². The highest BCUT2D eigenvalue weighted by molar-refractivity contribution is 6.31. The lowest BCUT2D eigenvalue weighted by Crippen LogP contribution is -2.37. The average Bonchev–Trinajstić information content (AvgIpc) is 2.40. The van der Waals surface area contributed by atoms with Gasteiger partial charge in [-0.2, -0.15) is 0 Å². The van der Waals surface area contributed by atoms with Gasteiger partial charge in [-0.1, -0.05) is 29.7 Å². The molecule has 0 aliphatic rings. The van der Waals surface area contributed by atoms with Crippen LogP contribution >= 0.6 is 11.6 Å². The quantitative estimate of drug-likeness (QED) is 0.335. The summed E-state index contributed by atoms with van der Waals surface area (Å²) in [7, 11) is 0. The van der Waals surface area contributed by atoms with Crippen molar-refractivity contribution in [2.75, 3.05) is 0 Å². The smallest absolute Gasteiger partial charge is 0.251 e. The molecule has 4 N–H and O–H groups in total. The van der Waals surface area contributed by atoms with Crippen molar-refractivity contribution in [3.63, 3.8) is 0 Å². The highest BCUT2D eigenvalue weighted by Crippen LogP contribution is 2.15. The summed E-state index contributed by atoms with van der Waals surface area (Å²) in [5, 5.41) is 14.8. The number of amides is 1. The fourth-order valence-corrected chi connectivity index (χ4v) is 1.86. The van der Waals surface area contributed by atoms with Crippen molar-refractivity contribution in [1.82, 2.24) is 5.32 Å². The van der Waals surface area contributed by atoms with Crippen LogP contribution in [0, 0.1) is 6.92 Å². The Bertz CT molecular complexity index is 489. The van der Waals surface area contributed by atoms with E-state index in [-0.39, 0.29) is 17.8 Å². The number of halogens is 1. The van der Waals surface area contributed by atoms with Gasteiger partial charge in [0.15, 0.2) is 0 Å². The van der Waals surface area contributed by atoms with Crippen LogP contribution in [0.25, 0.3) is 0 Å². The molecule has 0 aliphatic carbocycles. The van der Waals surface area contributed by atoms with E-state index in [0.29, 0.717) is 23.4 Å². The minimum absolute atomic E-state index is 0.0926. The second kappa shape index (κ2) is 6.99. The largest absolute Gasteiger partial charge is 0.409 e. The lowest BCUT2D eigenvalue weighted by atomic mass is 10.1. The Morgan fingerprint density at radius 1 is 1.58 bits per heavy atom. The van der Waals surface area contributed by atoms with Gasteiger partial charge in [0.05, 0.1) is 0 Å².